The van der Waals surface area contributed by atoms with Crippen LogP contribution in [0.1, 0.15) is 5.56 Å². The highest BCUT2D eigenvalue weighted by Crippen LogP contribution is 2.12. The van der Waals surface area contributed by atoms with Gasteiger partial charge < -0.3 is 9.80 Å². The molecule has 2 amide bonds. The van der Waals surface area contributed by atoms with Gasteiger partial charge in [0.25, 0.3) is 0 Å². The first kappa shape index (κ1) is 10.4. The molecular formula is C10H12BrN3O. The fraction of sp³-hybridized carbons (Fsp3) is 0.400. The molecule has 0 spiro atoms. The highest BCUT2D eigenvalue weighted by Gasteiger charge is 2.24. The number of urea groups is 1. The summed E-state index contributed by atoms with van der Waals surface area (Å²) in [5, 5.41) is 0. The quantitative estimate of drug-likeness (QED) is 0.767. The van der Waals surface area contributed by atoms with Gasteiger partial charge in [0.15, 0.2) is 0 Å². The third-order valence-corrected chi connectivity index (χ3v) is 2.93. The van der Waals surface area contributed by atoms with E-state index in [4.69, 9.17) is 0 Å². The fourth-order valence-corrected chi connectivity index (χ4v) is 1.81. The second-order valence-corrected chi connectivity index (χ2v) is 4.43. The topological polar surface area (TPSA) is 36.4 Å². The van der Waals surface area contributed by atoms with Crippen LogP contribution in [0.15, 0.2) is 22.9 Å². The molecule has 5 heteroatoms. The number of nitrogens with zero attached hydrogens (tertiary/aromatic N) is 3. The molecular weight excluding hydrogens is 258 g/mol. The summed E-state index contributed by atoms with van der Waals surface area (Å²) in [7, 11) is 1.82. The lowest BCUT2D eigenvalue weighted by atomic mass is 10.3. The van der Waals surface area contributed by atoms with Crippen LogP contribution in [0.3, 0.4) is 0 Å². The van der Waals surface area contributed by atoms with E-state index in [-0.39, 0.29) is 6.03 Å². The number of carbonyl (C=O) groups excluding carboxylic acids is 1. The monoisotopic (exact) mass is 269 g/mol. The van der Waals surface area contributed by atoms with E-state index in [1.807, 2.05) is 24.1 Å². The number of halogens is 1. The van der Waals surface area contributed by atoms with Crippen molar-refractivity contribution in [2.24, 2.45) is 0 Å². The summed E-state index contributed by atoms with van der Waals surface area (Å²) >= 11 is 3.28. The van der Waals surface area contributed by atoms with Gasteiger partial charge in [-0.25, -0.2) is 9.78 Å². The van der Waals surface area contributed by atoms with Gasteiger partial charge in [0.2, 0.25) is 0 Å². The smallest absolute Gasteiger partial charge is 0.320 e. The van der Waals surface area contributed by atoms with E-state index in [9.17, 15) is 4.79 Å². The predicted octanol–water partition coefficient (Wildman–Crippen LogP) is 1.71. The van der Waals surface area contributed by atoms with E-state index in [1.54, 1.807) is 11.1 Å². The van der Waals surface area contributed by atoms with Crippen molar-refractivity contribution in [2.75, 3.05) is 20.1 Å². The second-order valence-electron chi connectivity index (χ2n) is 3.61. The number of carbonyl (C=O) groups is 1. The Labute approximate surface area is 97.0 Å². The predicted molar refractivity (Wildman–Crippen MR) is 60.4 cm³/mol. The Morgan fingerprint density at radius 3 is 2.80 bits per heavy atom. The van der Waals surface area contributed by atoms with E-state index < -0.39 is 0 Å². The molecule has 0 aromatic carbocycles. The summed E-state index contributed by atoms with van der Waals surface area (Å²) in [5.74, 6) is 0. The van der Waals surface area contributed by atoms with Crippen LogP contribution < -0.4 is 0 Å². The minimum Gasteiger partial charge on any atom is -0.326 e. The molecule has 0 bridgehead atoms. The zero-order chi connectivity index (χ0) is 10.8. The van der Waals surface area contributed by atoms with Crippen molar-refractivity contribution >= 4 is 22.0 Å². The maximum atomic E-state index is 11.6. The number of aromatic nitrogens is 1. The minimum atomic E-state index is 0.0953. The molecule has 15 heavy (non-hydrogen) atoms. The van der Waals surface area contributed by atoms with E-state index >= 15 is 0 Å². The summed E-state index contributed by atoms with van der Waals surface area (Å²) in [5.41, 5.74) is 1.06. The van der Waals surface area contributed by atoms with Gasteiger partial charge in [-0.2, -0.15) is 0 Å². The van der Waals surface area contributed by atoms with Gasteiger partial charge >= 0.3 is 6.03 Å². The van der Waals surface area contributed by atoms with Crippen LogP contribution in [-0.4, -0.2) is 41.0 Å². The molecule has 4 nitrogen and oxygen atoms in total. The molecule has 0 aliphatic carbocycles. The summed E-state index contributed by atoms with van der Waals surface area (Å²) in [6.45, 7) is 2.25. The molecule has 2 heterocycles. The second kappa shape index (κ2) is 4.18. The average molecular weight is 270 g/mol. The number of amides is 2. The average Bonchev–Trinajstić information content (AvgIpc) is 2.53. The van der Waals surface area contributed by atoms with Crippen LogP contribution in [-0.2, 0) is 6.54 Å². The maximum Gasteiger partial charge on any atom is 0.320 e. The Kier molecular flexibility index (Phi) is 2.90. The number of likely N-dealkylation sites (N-methyl/N-ethyl adjacent to an activating group) is 1. The molecule has 2 rings (SSSR count). The number of pyridine rings is 1. The lowest BCUT2D eigenvalue weighted by molar-refractivity contribution is 0.197. The van der Waals surface area contributed by atoms with Crippen LogP contribution in [0.25, 0.3) is 0 Å². The van der Waals surface area contributed by atoms with Gasteiger partial charge in [0.05, 0.1) is 0 Å². The summed E-state index contributed by atoms with van der Waals surface area (Å²) in [4.78, 5) is 19.3. The largest absolute Gasteiger partial charge is 0.326 e. The first-order valence-corrected chi connectivity index (χ1v) is 5.56. The molecule has 0 unspecified atom stereocenters. The van der Waals surface area contributed by atoms with E-state index in [1.165, 1.54) is 0 Å². The molecule has 1 aromatic rings. The fourth-order valence-electron chi connectivity index (χ4n) is 1.57. The Hall–Kier alpha value is -1.10. The van der Waals surface area contributed by atoms with Crippen molar-refractivity contribution in [3.05, 3.63) is 28.5 Å². The molecule has 1 aliphatic rings. The van der Waals surface area contributed by atoms with Crippen molar-refractivity contribution in [1.82, 2.24) is 14.8 Å². The zero-order valence-electron chi connectivity index (χ0n) is 8.48. The molecule has 1 fully saturated rings. The number of hydrogen-bond donors (Lipinski definition) is 0. The Morgan fingerprint density at radius 2 is 2.27 bits per heavy atom. The minimum absolute atomic E-state index is 0.0953. The van der Waals surface area contributed by atoms with E-state index in [0.29, 0.717) is 6.54 Å². The van der Waals surface area contributed by atoms with Gasteiger partial charge in [0, 0.05) is 32.9 Å². The third-order valence-electron chi connectivity index (χ3n) is 2.46. The summed E-state index contributed by atoms with van der Waals surface area (Å²) < 4.78 is 0.816. The molecule has 1 aromatic heterocycles. The molecule has 80 valence electrons. The first-order chi connectivity index (χ1) is 7.16. The molecule has 0 atom stereocenters. The standard InChI is InChI=1S/C10H12BrN3O/c1-13-4-5-14(10(13)15)7-8-2-3-9(11)12-6-8/h2-3,6H,4-5,7H2,1H3. The summed E-state index contributed by atoms with van der Waals surface area (Å²) in [6.07, 6.45) is 1.79. The van der Waals surface area contributed by atoms with Crippen LogP contribution in [0.2, 0.25) is 0 Å². The number of hydrogen-bond acceptors (Lipinski definition) is 2. The highest BCUT2D eigenvalue weighted by molar-refractivity contribution is 9.10. The molecule has 0 N–H and O–H groups in total. The normalized spacial score (nSPS) is 16.3. The van der Waals surface area contributed by atoms with Gasteiger partial charge in [-0.05, 0) is 27.6 Å². The van der Waals surface area contributed by atoms with Crippen molar-refractivity contribution in [2.45, 2.75) is 6.54 Å². The van der Waals surface area contributed by atoms with Gasteiger partial charge in [-0.15, -0.1) is 0 Å². The highest BCUT2D eigenvalue weighted by atomic mass is 79.9. The lowest BCUT2D eigenvalue weighted by Crippen LogP contribution is -2.28. The van der Waals surface area contributed by atoms with Crippen LogP contribution in [0.5, 0.6) is 0 Å². The lowest BCUT2D eigenvalue weighted by Gasteiger charge is -2.15. The van der Waals surface area contributed by atoms with Crippen molar-refractivity contribution in [3.8, 4) is 0 Å². The van der Waals surface area contributed by atoms with E-state index in [2.05, 4.69) is 20.9 Å². The Bertz CT molecular complexity index is 365. The van der Waals surface area contributed by atoms with Gasteiger partial charge in [-0.1, -0.05) is 6.07 Å². The van der Waals surface area contributed by atoms with Crippen LogP contribution in [0.4, 0.5) is 4.79 Å². The van der Waals surface area contributed by atoms with Crippen molar-refractivity contribution in [3.63, 3.8) is 0 Å². The van der Waals surface area contributed by atoms with Gasteiger partial charge in [0.1, 0.15) is 4.60 Å². The van der Waals surface area contributed by atoms with Crippen LogP contribution in [0, 0.1) is 0 Å². The van der Waals surface area contributed by atoms with Crippen molar-refractivity contribution < 1.29 is 4.79 Å². The number of rotatable bonds is 2. The zero-order valence-corrected chi connectivity index (χ0v) is 10.1. The van der Waals surface area contributed by atoms with Gasteiger partial charge in [-0.3, -0.25) is 0 Å². The van der Waals surface area contributed by atoms with Crippen molar-refractivity contribution in [1.29, 1.82) is 0 Å². The maximum absolute atomic E-state index is 11.6. The summed E-state index contributed by atoms with van der Waals surface area (Å²) in [6, 6.07) is 3.96. The molecule has 1 aliphatic heterocycles. The van der Waals surface area contributed by atoms with Crippen LogP contribution >= 0.6 is 15.9 Å². The SMILES string of the molecule is CN1CCN(Cc2ccc(Br)nc2)C1=O. The molecule has 0 radical (unpaired) electrons. The third kappa shape index (κ3) is 2.28. The molecule has 0 saturated carbocycles. The Balaban J connectivity index is 2.03. The Morgan fingerprint density at radius 1 is 1.47 bits per heavy atom. The molecule has 1 saturated heterocycles. The first-order valence-electron chi connectivity index (χ1n) is 4.77. The van der Waals surface area contributed by atoms with E-state index in [0.717, 1.165) is 23.3 Å².